The van der Waals surface area contributed by atoms with Crippen LogP contribution in [0.2, 0.25) is 0 Å². The predicted molar refractivity (Wildman–Crippen MR) is 101 cm³/mol. The standard InChI is InChI=1S/C20H23N3O4/c1-12-8-13(4-7-17(12)27-3)11-23(2)20(26)16-9-14(10-21-19(16)25)18(24)22-15-5-6-15/h4,7-10,15H,5-6,11H2,1-3H3,(H,21,25)(H,22,24). The van der Waals surface area contributed by atoms with E-state index in [-0.39, 0.29) is 23.1 Å². The summed E-state index contributed by atoms with van der Waals surface area (Å²) in [5, 5.41) is 2.84. The summed E-state index contributed by atoms with van der Waals surface area (Å²) in [6.07, 6.45) is 3.26. The van der Waals surface area contributed by atoms with Crippen LogP contribution < -0.4 is 15.6 Å². The summed E-state index contributed by atoms with van der Waals surface area (Å²) in [6, 6.07) is 7.21. The lowest BCUT2D eigenvalue weighted by molar-refractivity contribution is 0.0783. The number of aromatic nitrogens is 1. The second-order valence-corrected chi connectivity index (χ2v) is 6.84. The average Bonchev–Trinajstić information content (AvgIpc) is 3.45. The lowest BCUT2D eigenvalue weighted by Crippen LogP contribution is -2.33. The summed E-state index contributed by atoms with van der Waals surface area (Å²) < 4.78 is 5.24. The molecule has 3 rings (SSSR count). The number of H-pyrrole nitrogens is 1. The van der Waals surface area contributed by atoms with E-state index in [1.165, 1.54) is 17.2 Å². The maximum absolute atomic E-state index is 12.7. The van der Waals surface area contributed by atoms with E-state index < -0.39 is 11.5 Å². The molecule has 0 aliphatic heterocycles. The van der Waals surface area contributed by atoms with Crippen LogP contribution in [0.5, 0.6) is 5.75 Å². The molecule has 1 aliphatic rings. The van der Waals surface area contributed by atoms with Crippen molar-refractivity contribution in [1.29, 1.82) is 0 Å². The molecule has 1 aromatic heterocycles. The molecule has 1 saturated carbocycles. The van der Waals surface area contributed by atoms with Gasteiger partial charge in [0.15, 0.2) is 0 Å². The number of aryl methyl sites for hydroxylation is 1. The van der Waals surface area contributed by atoms with Gasteiger partial charge in [-0.3, -0.25) is 14.4 Å². The second kappa shape index (κ2) is 7.65. The topological polar surface area (TPSA) is 91.5 Å². The number of ether oxygens (including phenoxy) is 1. The first-order valence-corrected chi connectivity index (χ1v) is 8.81. The number of nitrogens with zero attached hydrogens (tertiary/aromatic N) is 1. The minimum absolute atomic E-state index is 0.0498. The van der Waals surface area contributed by atoms with E-state index >= 15 is 0 Å². The smallest absolute Gasteiger partial charge is 0.260 e. The minimum atomic E-state index is -0.513. The van der Waals surface area contributed by atoms with E-state index in [9.17, 15) is 14.4 Å². The van der Waals surface area contributed by atoms with Gasteiger partial charge in [-0.15, -0.1) is 0 Å². The first kappa shape index (κ1) is 18.7. The molecule has 0 radical (unpaired) electrons. The fourth-order valence-corrected chi connectivity index (χ4v) is 2.86. The Morgan fingerprint density at radius 3 is 2.67 bits per heavy atom. The maximum Gasteiger partial charge on any atom is 0.260 e. The number of methoxy groups -OCH3 is 1. The zero-order valence-corrected chi connectivity index (χ0v) is 15.7. The van der Waals surface area contributed by atoms with Gasteiger partial charge in [0, 0.05) is 25.8 Å². The van der Waals surface area contributed by atoms with Crippen LogP contribution >= 0.6 is 0 Å². The van der Waals surface area contributed by atoms with Gasteiger partial charge in [0.25, 0.3) is 17.4 Å². The molecular formula is C20H23N3O4. The summed E-state index contributed by atoms with van der Waals surface area (Å²) >= 11 is 0. The Kier molecular flexibility index (Phi) is 5.30. The Balaban J connectivity index is 1.76. The van der Waals surface area contributed by atoms with Crippen molar-refractivity contribution in [2.75, 3.05) is 14.2 Å². The van der Waals surface area contributed by atoms with E-state index in [0.717, 1.165) is 29.7 Å². The van der Waals surface area contributed by atoms with Crippen LogP contribution in [0.25, 0.3) is 0 Å². The highest BCUT2D eigenvalue weighted by Gasteiger charge is 2.25. The third kappa shape index (κ3) is 4.36. The van der Waals surface area contributed by atoms with Crippen molar-refractivity contribution >= 4 is 11.8 Å². The Morgan fingerprint density at radius 2 is 2.04 bits per heavy atom. The number of rotatable bonds is 6. The predicted octanol–water partition coefficient (Wildman–Crippen LogP) is 1.86. The number of hydrogen-bond acceptors (Lipinski definition) is 4. The Bertz CT molecular complexity index is 931. The number of pyridine rings is 1. The van der Waals surface area contributed by atoms with Crippen molar-refractivity contribution in [2.24, 2.45) is 0 Å². The van der Waals surface area contributed by atoms with Gasteiger partial charge in [-0.1, -0.05) is 12.1 Å². The van der Waals surface area contributed by atoms with Crippen molar-refractivity contribution in [2.45, 2.75) is 32.4 Å². The molecule has 2 N–H and O–H groups in total. The van der Waals surface area contributed by atoms with Crippen molar-refractivity contribution in [3.05, 3.63) is 63.1 Å². The van der Waals surface area contributed by atoms with Gasteiger partial charge in [0.05, 0.1) is 12.7 Å². The van der Waals surface area contributed by atoms with Gasteiger partial charge in [-0.25, -0.2) is 0 Å². The molecule has 142 valence electrons. The summed E-state index contributed by atoms with van der Waals surface area (Å²) in [7, 11) is 3.23. The highest BCUT2D eigenvalue weighted by atomic mass is 16.5. The number of carbonyl (C=O) groups excluding carboxylic acids is 2. The Hall–Kier alpha value is -3.09. The molecule has 0 spiro atoms. The molecule has 7 nitrogen and oxygen atoms in total. The fourth-order valence-electron chi connectivity index (χ4n) is 2.86. The molecule has 0 saturated heterocycles. The zero-order chi connectivity index (χ0) is 19.6. The summed E-state index contributed by atoms with van der Waals surface area (Å²) in [6.45, 7) is 2.26. The lowest BCUT2D eigenvalue weighted by atomic mass is 10.1. The molecule has 0 unspecified atom stereocenters. The first-order valence-electron chi connectivity index (χ1n) is 8.81. The summed E-state index contributed by atoms with van der Waals surface area (Å²) in [5.74, 6) is 0.0561. The normalized spacial score (nSPS) is 13.1. The molecule has 7 heteroatoms. The van der Waals surface area contributed by atoms with Crippen molar-refractivity contribution < 1.29 is 14.3 Å². The number of aromatic amines is 1. The van der Waals surface area contributed by atoms with E-state index in [0.29, 0.717) is 6.54 Å². The monoisotopic (exact) mass is 369 g/mol. The minimum Gasteiger partial charge on any atom is -0.496 e. The van der Waals surface area contributed by atoms with E-state index in [1.807, 2.05) is 25.1 Å². The molecule has 1 aromatic carbocycles. The van der Waals surface area contributed by atoms with Crippen molar-refractivity contribution in [1.82, 2.24) is 15.2 Å². The molecule has 27 heavy (non-hydrogen) atoms. The van der Waals surface area contributed by atoms with Crippen LogP contribution in [-0.4, -0.2) is 41.9 Å². The largest absolute Gasteiger partial charge is 0.496 e. The molecular weight excluding hydrogens is 346 g/mol. The fraction of sp³-hybridized carbons (Fsp3) is 0.350. The lowest BCUT2D eigenvalue weighted by Gasteiger charge is -2.18. The number of nitrogens with one attached hydrogen (secondary N) is 2. The third-order valence-electron chi connectivity index (χ3n) is 4.53. The van der Waals surface area contributed by atoms with E-state index in [2.05, 4.69) is 10.3 Å². The SMILES string of the molecule is COc1ccc(CN(C)C(=O)c2cc(C(=O)NC3CC3)c[nH]c2=O)cc1C. The number of amides is 2. The van der Waals surface area contributed by atoms with Gasteiger partial charge in [0.1, 0.15) is 11.3 Å². The van der Waals surface area contributed by atoms with Crippen LogP contribution in [0.15, 0.2) is 35.3 Å². The summed E-state index contributed by atoms with van der Waals surface area (Å²) in [4.78, 5) is 41.0. The highest BCUT2D eigenvalue weighted by Crippen LogP contribution is 2.20. The second-order valence-electron chi connectivity index (χ2n) is 6.84. The van der Waals surface area contributed by atoms with Gasteiger partial charge in [0.2, 0.25) is 0 Å². The van der Waals surface area contributed by atoms with Crippen LogP contribution in [0.1, 0.15) is 44.7 Å². The molecule has 1 aliphatic carbocycles. The average molecular weight is 369 g/mol. The molecule has 2 amide bonds. The van der Waals surface area contributed by atoms with Gasteiger partial charge < -0.3 is 19.9 Å². The Labute approximate surface area is 157 Å². The van der Waals surface area contributed by atoms with Crippen LogP contribution in [0.4, 0.5) is 0 Å². The molecule has 2 aromatic rings. The van der Waals surface area contributed by atoms with Crippen LogP contribution in [0.3, 0.4) is 0 Å². The Morgan fingerprint density at radius 1 is 1.30 bits per heavy atom. The highest BCUT2D eigenvalue weighted by molar-refractivity contribution is 5.99. The van der Waals surface area contributed by atoms with E-state index in [4.69, 9.17) is 4.74 Å². The number of carbonyl (C=O) groups is 2. The number of benzene rings is 1. The van der Waals surface area contributed by atoms with Gasteiger partial charge in [-0.05, 0) is 43.0 Å². The van der Waals surface area contributed by atoms with Gasteiger partial charge >= 0.3 is 0 Å². The molecule has 0 atom stereocenters. The third-order valence-corrected chi connectivity index (χ3v) is 4.53. The van der Waals surface area contributed by atoms with Crippen molar-refractivity contribution in [3.63, 3.8) is 0 Å². The van der Waals surface area contributed by atoms with Crippen molar-refractivity contribution in [3.8, 4) is 5.75 Å². The molecule has 0 bridgehead atoms. The first-order chi connectivity index (χ1) is 12.9. The number of hydrogen-bond donors (Lipinski definition) is 2. The van der Waals surface area contributed by atoms with E-state index in [1.54, 1.807) is 14.2 Å². The quantitative estimate of drug-likeness (QED) is 0.813. The summed E-state index contributed by atoms with van der Waals surface area (Å²) in [5.41, 5.74) is 1.60. The zero-order valence-electron chi connectivity index (χ0n) is 15.7. The van der Waals surface area contributed by atoms with Crippen LogP contribution in [-0.2, 0) is 6.54 Å². The molecule has 1 fully saturated rings. The maximum atomic E-state index is 12.7. The van der Waals surface area contributed by atoms with Crippen LogP contribution in [0, 0.1) is 6.92 Å². The van der Waals surface area contributed by atoms with Gasteiger partial charge in [-0.2, -0.15) is 0 Å². The molecule has 1 heterocycles.